The van der Waals surface area contributed by atoms with Gasteiger partial charge < -0.3 is 0 Å². The van der Waals surface area contributed by atoms with Gasteiger partial charge in [0.25, 0.3) is 0 Å². The Hall–Kier alpha value is -0.620. The summed E-state index contributed by atoms with van der Waals surface area (Å²) in [6.45, 7) is 0. The molecule has 1 aliphatic heterocycles. The van der Waals surface area contributed by atoms with Crippen molar-refractivity contribution in [1.82, 2.24) is 4.98 Å². The summed E-state index contributed by atoms with van der Waals surface area (Å²) in [5, 5.41) is 0. The van der Waals surface area contributed by atoms with Gasteiger partial charge in [-0.15, -0.1) is 0 Å². The number of thioether (sulfide) groups is 1. The van der Waals surface area contributed by atoms with Gasteiger partial charge in [-0.3, -0.25) is 4.98 Å². The highest BCUT2D eigenvalue weighted by molar-refractivity contribution is 8.23. The number of pyridine rings is 1. The van der Waals surface area contributed by atoms with Gasteiger partial charge in [-0.25, -0.2) is 0 Å². The normalized spacial score (nSPS) is 15.8. The SMILES string of the molecule is FC(F)(F)c1cnc2c(c1)SC(=S)C2. The molecule has 0 bridgehead atoms. The molecule has 1 aromatic rings. The van der Waals surface area contributed by atoms with Crippen LogP contribution in [-0.2, 0) is 12.6 Å². The molecule has 14 heavy (non-hydrogen) atoms. The standard InChI is InChI=1S/C8H4F3NS2/c9-8(10,11)4-1-6-5(12-3-4)2-7(13)14-6/h1,3H,2H2. The molecule has 1 nitrogen and oxygen atoms in total. The Balaban J connectivity index is 2.43. The van der Waals surface area contributed by atoms with Crippen LogP contribution >= 0.6 is 24.0 Å². The van der Waals surface area contributed by atoms with Gasteiger partial charge in [0.05, 0.1) is 15.5 Å². The maximum atomic E-state index is 12.3. The quantitative estimate of drug-likeness (QED) is 0.641. The second-order valence-corrected chi connectivity index (χ2v) is 4.71. The fourth-order valence-corrected chi connectivity index (χ4v) is 2.43. The monoisotopic (exact) mass is 235 g/mol. The lowest BCUT2D eigenvalue weighted by atomic mass is 10.2. The number of nitrogens with zero attached hydrogens (tertiary/aromatic N) is 1. The number of halogens is 3. The fourth-order valence-electron chi connectivity index (χ4n) is 1.14. The minimum Gasteiger partial charge on any atom is -0.259 e. The first-order valence-electron chi connectivity index (χ1n) is 3.73. The highest BCUT2D eigenvalue weighted by Gasteiger charge is 2.32. The first kappa shape index (κ1) is 9.92. The van der Waals surface area contributed by atoms with Crippen molar-refractivity contribution in [2.24, 2.45) is 0 Å². The van der Waals surface area contributed by atoms with Crippen molar-refractivity contribution in [2.45, 2.75) is 17.5 Å². The number of hydrogen-bond acceptors (Lipinski definition) is 3. The molecule has 0 atom stereocenters. The average Bonchev–Trinajstić information content (AvgIpc) is 2.41. The lowest BCUT2D eigenvalue weighted by Gasteiger charge is -2.06. The lowest BCUT2D eigenvalue weighted by Crippen LogP contribution is -2.06. The Morgan fingerprint density at radius 2 is 2.14 bits per heavy atom. The van der Waals surface area contributed by atoms with Crippen molar-refractivity contribution in [1.29, 1.82) is 0 Å². The van der Waals surface area contributed by atoms with Crippen LogP contribution < -0.4 is 0 Å². The topological polar surface area (TPSA) is 12.9 Å². The van der Waals surface area contributed by atoms with Crippen molar-refractivity contribution < 1.29 is 13.2 Å². The predicted molar refractivity (Wildman–Crippen MR) is 51.4 cm³/mol. The van der Waals surface area contributed by atoms with E-state index in [9.17, 15) is 13.2 Å². The van der Waals surface area contributed by atoms with Crippen LogP contribution in [-0.4, -0.2) is 9.18 Å². The summed E-state index contributed by atoms with van der Waals surface area (Å²) in [6, 6.07) is 1.10. The Morgan fingerprint density at radius 1 is 1.43 bits per heavy atom. The molecule has 0 saturated carbocycles. The molecule has 0 saturated heterocycles. The van der Waals surface area contributed by atoms with Crippen molar-refractivity contribution in [3.63, 3.8) is 0 Å². The maximum absolute atomic E-state index is 12.3. The molecule has 1 aliphatic rings. The molecule has 0 aromatic carbocycles. The molecule has 0 aliphatic carbocycles. The van der Waals surface area contributed by atoms with Gasteiger partial charge in [-0.05, 0) is 6.07 Å². The number of fused-ring (bicyclic) bond motifs is 1. The maximum Gasteiger partial charge on any atom is 0.417 e. The van der Waals surface area contributed by atoms with E-state index in [-0.39, 0.29) is 0 Å². The molecule has 74 valence electrons. The minimum absolute atomic E-state index is 0.494. The second-order valence-electron chi connectivity index (χ2n) is 2.82. The molecular formula is C8H4F3NS2. The molecule has 2 heterocycles. The summed E-state index contributed by atoms with van der Waals surface area (Å²) in [5.74, 6) is 0. The van der Waals surface area contributed by atoms with E-state index in [4.69, 9.17) is 12.2 Å². The number of rotatable bonds is 0. The summed E-state index contributed by atoms with van der Waals surface area (Å²) in [5.41, 5.74) is -0.0681. The summed E-state index contributed by atoms with van der Waals surface area (Å²) in [6.07, 6.45) is -2.98. The van der Waals surface area contributed by atoms with Gasteiger partial charge in [0.2, 0.25) is 0 Å². The molecular weight excluding hydrogens is 231 g/mol. The fraction of sp³-hybridized carbons (Fsp3) is 0.250. The molecule has 2 rings (SSSR count). The zero-order valence-corrected chi connectivity index (χ0v) is 8.39. The van der Waals surface area contributed by atoms with Crippen LogP contribution in [0.1, 0.15) is 11.3 Å². The van der Waals surface area contributed by atoms with E-state index in [1.165, 1.54) is 11.8 Å². The van der Waals surface area contributed by atoms with E-state index < -0.39 is 11.7 Å². The smallest absolute Gasteiger partial charge is 0.259 e. The predicted octanol–water partition coefficient (Wildman–Crippen LogP) is 3.08. The van der Waals surface area contributed by atoms with Crippen LogP contribution in [0.15, 0.2) is 17.2 Å². The Labute approximate surface area is 87.7 Å². The third kappa shape index (κ3) is 1.76. The third-order valence-corrected chi connectivity index (χ3v) is 3.13. The highest BCUT2D eigenvalue weighted by Crippen LogP contribution is 2.37. The van der Waals surface area contributed by atoms with Gasteiger partial charge in [0.1, 0.15) is 0 Å². The van der Waals surface area contributed by atoms with Crippen LogP contribution in [0.2, 0.25) is 0 Å². The molecule has 0 radical (unpaired) electrons. The average molecular weight is 235 g/mol. The molecule has 6 heteroatoms. The molecule has 1 aromatic heterocycles. The van der Waals surface area contributed by atoms with Gasteiger partial charge in [0.15, 0.2) is 0 Å². The van der Waals surface area contributed by atoms with Crippen LogP contribution in [0.4, 0.5) is 13.2 Å². The Bertz CT molecular complexity index is 400. The van der Waals surface area contributed by atoms with Crippen LogP contribution in [0, 0.1) is 0 Å². The van der Waals surface area contributed by atoms with E-state index in [1.807, 2.05) is 0 Å². The molecule has 0 fully saturated rings. The van der Waals surface area contributed by atoms with E-state index in [2.05, 4.69) is 4.98 Å². The summed E-state index contributed by atoms with van der Waals surface area (Å²) in [4.78, 5) is 4.28. The Kier molecular flexibility index (Phi) is 2.27. The molecule has 0 spiro atoms. The van der Waals surface area contributed by atoms with E-state index in [0.717, 1.165) is 12.3 Å². The molecule has 0 unspecified atom stereocenters. The highest BCUT2D eigenvalue weighted by atomic mass is 32.2. The van der Waals surface area contributed by atoms with Crippen molar-refractivity contribution in [3.05, 3.63) is 23.5 Å². The minimum atomic E-state index is -4.33. The molecule has 0 amide bonds. The van der Waals surface area contributed by atoms with Gasteiger partial charge in [0, 0.05) is 17.5 Å². The number of thiocarbonyl (C=S) groups is 1. The summed E-state index contributed by atoms with van der Waals surface area (Å²) in [7, 11) is 0. The van der Waals surface area contributed by atoms with E-state index >= 15 is 0 Å². The number of hydrogen-bond donors (Lipinski definition) is 0. The van der Waals surface area contributed by atoms with Crippen LogP contribution in [0.5, 0.6) is 0 Å². The first-order chi connectivity index (χ1) is 6.47. The van der Waals surface area contributed by atoms with Crippen molar-refractivity contribution in [3.8, 4) is 0 Å². The van der Waals surface area contributed by atoms with E-state index in [0.29, 0.717) is 21.2 Å². The summed E-state index contributed by atoms with van der Waals surface area (Å²) >= 11 is 6.09. The largest absolute Gasteiger partial charge is 0.417 e. The number of aromatic nitrogens is 1. The zero-order valence-electron chi connectivity index (χ0n) is 6.76. The lowest BCUT2D eigenvalue weighted by molar-refractivity contribution is -0.138. The van der Waals surface area contributed by atoms with Crippen molar-refractivity contribution in [2.75, 3.05) is 0 Å². The first-order valence-corrected chi connectivity index (χ1v) is 4.96. The number of alkyl halides is 3. The van der Waals surface area contributed by atoms with Crippen LogP contribution in [0.3, 0.4) is 0 Å². The second kappa shape index (κ2) is 3.20. The third-order valence-electron chi connectivity index (χ3n) is 1.79. The van der Waals surface area contributed by atoms with Gasteiger partial charge in [-0.1, -0.05) is 24.0 Å². The van der Waals surface area contributed by atoms with Gasteiger partial charge >= 0.3 is 6.18 Å². The summed E-state index contributed by atoms with van der Waals surface area (Å²) < 4.78 is 37.5. The van der Waals surface area contributed by atoms with Crippen molar-refractivity contribution >= 4 is 28.2 Å². The van der Waals surface area contributed by atoms with Crippen LogP contribution in [0.25, 0.3) is 0 Å². The van der Waals surface area contributed by atoms with E-state index in [1.54, 1.807) is 0 Å². The zero-order chi connectivity index (χ0) is 10.3. The van der Waals surface area contributed by atoms with Gasteiger partial charge in [-0.2, -0.15) is 13.2 Å². The molecule has 0 N–H and O–H groups in total. The Morgan fingerprint density at radius 3 is 2.79 bits per heavy atom.